The fraction of sp³-hybridized carbons (Fsp3) is 0.348. The van der Waals surface area contributed by atoms with Crippen LogP contribution in [-0.4, -0.2) is 44.7 Å². The van der Waals surface area contributed by atoms with E-state index in [2.05, 4.69) is 26.8 Å². The summed E-state index contributed by atoms with van der Waals surface area (Å²) in [6.45, 7) is 3.93. The van der Waals surface area contributed by atoms with E-state index in [0.29, 0.717) is 28.9 Å². The molecule has 9 nitrogen and oxygen atoms in total. The summed E-state index contributed by atoms with van der Waals surface area (Å²) in [6, 6.07) is 5.57. The number of oxazole rings is 1. The number of rotatable bonds is 6. The summed E-state index contributed by atoms with van der Waals surface area (Å²) in [5.74, 6) is 1.47. The van der Waals surface area contributed by atoms with Crippen molar-refractivity contribution in [2.45, 2.75) is 31.9 Å². The Morgan fingerprint density at radius 1 is 1.25 bits per heavy atom. The lowest BCUT2D eigenvalue weighted by molar-refractivity contribution is 0.202. The van der Waals surface area contributed by atoms with Gasteiger partial charge < -0.3 is 29.3 Å². The third-order valence-corrected chi connectivity index (χ3v) is 5.79. The Morgan fingerprint density at radius 3 is 2.88 bits per heavy atom. The van der Waals surface area contributed by atoms with Gasteiger partial charge in [0.1, 0.15) is 23.4 Å². The van der Waals surface area contributed by atoms with Crippen LogP contribution in [0.2, 0.25) is 0 Å². The maximum Gasteiger partial charge on any atom is 0.226 e. The van der Waals surface area contributed by atoms with E-state index >= 15 is 0 Å². The van der Waals surface area contributed by atoms with Crippen LogP contribution in [0.25, 0.3) is 17.1 Å². The first-order chi connectivity index (χ1) is 15.6. The highest BCUT2D eigenvalue weighted by atomic mass is 16.5. The summed E-state index contributed by atoms with van der Waals surface area (Å²) >= 11 is 0. The number of aryl methyl sites for hydroxylation is 1. The Balaban J connectivity index is 1.39. The number of imidazole rings is 1. The maximum absolute atomic E-state index is 10.8. The van der Waals surface area contributed by atoms with Gasteiger partial charge in [-0.05, 0) is 45.0 Å². The molecule has 0 radical (unpaired) electrons. The largest absolute Gasteiger partial charge is 0.494 e. The van der Waals surface area contributed by atoms with Crippen LogP contribution >= 0.6 is 0 Å². The van der Waals surface area contributed by atoms with Crippen LogP contribution in [0.15, 0.2) is 47.5 Å². The summed E-state index contributed by atoms with van der Waals surface area (Å²) in [5.41, 5.74) is 4.57. The van der Waals surface area contributed by atoms with Gasteiger partial charge in [0.15, 0.2) is 6.23 Å². The number of fused-ring (bicyclic) bond motifs is 1. The zero-order valence-electron chi connectivity index (χ0n) is 18.1. The molecule has 4 aromatic heterocycles. The zero-order chi connectivity index (χ0) is 22.1. The number of hydrogen-bond acceptors (Lipinski definition) is 8. The number of hydrogen-bond donors (Lipinski definition) is 3. The smallest absolute Gasteiger partial charge is 0.226 e. The van der Waals surface area contributed by atoms with Crippen molar-refractivity contribution in [3.63, 3.8) is 0 Å². The maximum atomic E-state index is 10.8. The number of nitrogens with one attached hydrogen (secondary N) is 2. The van der Waals surface area contributed by atoms with E-state index in [-0.39, 0.29) is 0 Å². The number of nitrogens with zero attached hydrogens (tertiary/aromatic N) is 4. The molecule has 1 unspecified atom stereocenters. The van der Waals surface area contributed by atoms with E-state index in [1.165, 1.54) is 6.26 Å². The van der Waals surface area contributed by atoms with Gasteiger partial charge in [0, 0.05) is 41.8 Å². The molecule has 0 saturated carbocycles. The predicted molar refractivity (Wildman–Crippen MR) is 120 cm³/mol. The fourth-order valence-electron chi connectivity index (χ4n) is 4.07. The Labute approximate surface area is 185 Å². The molecule has 0 bridgehead atoms. The summed E-state index contributed by atoms with van der Waals surface area (Å²) in [7, 11) is 1.60. The predicted octanol–water partition coefficient (Wildman–Crippen LogP) is 3.27. The first kappa shape index (κ1) is 20.5. The number of anilines is 1. The topological polar surface area (TPSA) is 110 Å². The summed E-state index contributed by atoms with van der Waals surface area (Å²) in [5, 5.41) is 17.2. The van der Waals surface area contributed by atoms with Gasteiger partial charge in [-0.1, -0.05) is 0 Å². The molecular formula is C23H26N6O3. The molecular weight excluding hydrogens is 408 g/mol. The van der Waals surface area contributed by atoms with Crippen molar-refractivity contribution < 1.29 is 14.3 Å². The van der Waals surface area contributed by atoms with Crippen LogP contribution < -0.4 is 15.4 Å². The summed E-state index contributed by atoms with van der Waals surface area (Å²) < 4.78 is 13.1. The lowest BCUT2D eigenvalue weighted by atomic mass is 9.95. The average molecular weight is 435 g/mol. The van der Waals surface area contributed by atoms with E-state index in [1.807, 2.05) is 35.7 Å². The highest BCUT2D eigenvalue weighted by Crippen LogP contribution is 2.31. The van der Waals surface area contributed by atoms with Gasteiger partial charge in [-0.15, -0.1) is 0 Å². The number of aliphatic hydroxyl groups excluding tert-OH is 1. The minimum absolute atomic E-state index is 0.373. The molecule has 1 fully saturated rings. The molecule has 3 N–H and O–H groups in total. The normalized spacial score (nSPS) is 15.7. The van der Waals surface area contributed by atoms with Crippen molar-refractivity contribution >= 4 is 11.3 Å². The second kappa shape index (κ2) is 8.60. The van der Waals surface area contributed by atoms with Crippen molar-refractivity contribution in [3.8, 4) is 17.2 Å². The molecule has 0 aromatic carbocycles. The van der Waals surface area contributed by atoms with Crippen LogP contribution in [0.1, 0.15) is 42.1 Å². The molecule has 0 amide bonds. The van der Waals surface area contributed by atoms with Gasteiger partial charge >= 0.3 is 0 Å². The van der Waals surface area contributed by atoms with Crippen LogP contribution in [0.3, 0.4) is 0 Å². The number of aliphatic hydroxyl groups is 1. The molecule has 5 heterocycles. The number of pyridine rings is 2. The van der Waals surface area contributed by atoms with E-state index in [0.717, 1.165) is 48.5 Å². The summed E-state index contributed by atoms with van der Waals surface area (Å²) in [4.78, 5) is 13.4. The van der Waals surface area contributed by atoms with Crippen molar-refractivity contribution in [2.24, 2.45) is 0 Å². The van der Waals surface area contributed by atoms with Crippen LogP contribution in [-0.2, 0) is 0 Å². The molecule has 1 aliphatic heterocycles. The fourth-order valence-corrected chi connectivity index (χ4v) is 4.07. The SMILES string of the molecule is COc1cc2nc(C3CCNCC3)cn2cc1NC(O)c1coc(-c2ccnc(C)c2)n1. The molecule has 1 saturated heterocycles. The van der Waals surface area contributed by atoms with Crippen molar-refractivity contribution in [3.05, 3.63) is 60.1 Å². The average Bonchev–Trinajstić information content (AvgIpc) is 3.46. The highest BCUT2D eigenvalue weighted by molar-refractivity contribution is 5.62. The number of methoxy groups -OCH3 is 1. The molecule has 0 spiro atoms. The van der Waals surface area contributed by atoms with Crippen molar-refractivity contribution in [1.29, 1.82) is 0 Å². The van der Waals surface area contributed by atoms with Crippen LogP contribution in [0.5, 0.6) is 5.75 Å². The van der Waals surface area contributed by atoms with Gasteiger partial charge in [0.05, 0.1) is 18.5 Å². The van der Waals surface area contributed by atoms with Gasteiger partial charge in [0.2, 0.25) is 5.89 Å². The Morgan fingerprint density at radius 2 is 2.09 bits per heavy atom. The molecule has 166 valence electrons. The minimum atomic E-state index is -1.07. The van der Waals surface area contributed by atoms with Crippen molar-refractivity contribution in [1.82, 2.24) is 24.7 Å². The molecule has 1 atom stereocenters. The number of piperidine rings is 1. The minimum Gasteiger partial charge on any atom is -0.494 e. The monoisotopic (exact) mass is 434 g/mol. The van der Waals surface area contributed by atoms with Crippen LogP contribution in [0, 0.1) is 6.92 Å². The lowest BCUT2D eigenvalue weighted by Crippen LogP contribution is -2.26. The number of ether oxygens (including phenoxy) is 1. The third-order valence-electron chi connectivity index (χ3n) is 5.79. The van der Waals surface area contributed by atoms with E-state index in [9.17, 15) is 5.11 Å². The highest BCUT2D eigenvalue weighted by Gasteiger charge is 2.20. The molecule has 9 heteroatoms. The van der Waals surface area contributed by atoms with Gasteiger partial charge in [-0.25, -0.2) is 9.97 Å². The molecule has 0 aliphatic carbocycles. The Bertz CT molecular complexity index is 1230. The quantitative estimate of drug-likeness (QED) is 0.397. The molecule has 4 aromatic rings. The number of aromatic nitrogens is 4. The molecule has 1 aliphatic rings. The third kappa shape index (κ3) is 4.04. The molecule has 5 rings (SSSR count). The lowest BCUT2D eigenvalue weighted by Gasteiger charge is -2.20. The van der Waals surface area contributed by atoms with Crippen LogP contribution in [0.4, 0.5) is 5.69 Å². The van der Waals surface area contributed by atoms with E-state index < -0.39 is 6.23 Å². The van der Waals surface area contributed by atoms with Crippen molar-refractivity contribution in [2.75, 3.05) is 25.5 Å². The van der Waals surface area contributed by atoms with E-state index in [1.54, 1.807) is 13.3 Å². The van der Waals surface area contributed by atoms with Gasteiger partial charge in [-0.2, -0.15) is 0 Å². The van der Waals surface area contributed by atoms with E-state index in [4.69, 9.17) is 14.1 Å². The Hall–Kier alpha value is -3.43. The zero-order valence-corrected chi connectivity index (χ0v) is 18.1. The second-order valence-corrected chi connectivity index (χ2v) is 8.02. The second-order valence-electron chi connectivity index (χ2n) is 8.02. The van der Waals surface area contributed by atoms with Gasteiger partial charge in [-0.3, -0.25) is 4.98 Å². The standard InChI is InChI=1S/C23H26N6O3/c1-14-9-16(5-8-25-14)23-28-19(13-32-23)22(30)27-18-12-29-11-17(15-3-6-24-7-4-15)26-21(29)10-20(18)31-2/h5,8-13,15,22,24,27,30H,3-4,6-7H2,1-2H3. The van der Waals surface area contributed by atoms with Gasteiger partial charge in [0.25, 0.3) is 0 Å². The first-order valence-corrected chi connectivity index (χ1v) is 10.7. The Kier molecular flexibility index (Phi) is 5.50. The summed E-state index contributed by atoms with van der Waals surface area (Å²) in [6.07, 6.45) is 8.17. The molecule has 32 heavy (non-hydrogen) atoms. The first-order valence-electron chi connectivity index (χ1n) is 10.7.